The van der Waals surface area contributed by atoms with E-state index < -0.39 is 0 Å². The van der Waals surface area contributed by atoms with Crippen LogP contribution in [-0.4, -0.2) is 36.3 Å². The van der Waals surface area contributed by atoms with Crippen LogP contribution in [0.3, 0.4) is 0 Å². The van der Waals surface area contributed by atoms with Gasteiger partial charge in [-0.1, -0.05) is 30.3 Å². The lowest BCUT2D eigenvalue weighted by Crippen LogP contribution is -2.30. The Balaban J connectivity index is 1.43. The lowest BCUT2D eigenvalue weighted by Gasteiger charge is -2.16. The van der Waals surface area contributed by atoms with Crippen LogP contribution in [0.4, 0.5) is 4.79 Å². The fourth-order valence-electron chi connectivity index (χ4n) is 2.29. The molecule has 1 atom stereocenters. The summed E-state index contributed by atoms with van der Waals surface area (Å²) in [6, 6.07) is 9.75. The zero-order valence-electron chi connectivity index (χ0n) is 11.0. The normalized spacial score (nSPS) is 22.5. The zero-order valence-corrected chi connectivity index (χ0v) is 11.0. The third kappa shape index (κ3) is 3.47. The van der Waals surface area contributed by atoms with Gasteiger partial charge in [-0.2, -0.15) is 0 Å². The summed E-state index contributed by atoms with van der Waals surface area (Å²) in [5, 5.41) is 0. The summed E-state index contributed by atoms with van der Waals surface area (Å²) in [6.45, 7) is 1.75. The molecule has 1 aliphatic heterocycles. The van der Waals surface area contributed by atoms with Gasteiger partial charge in [0.2, 0.25) is 0 Å². The van der Waals surface area contributed by atoms with Gasteiger partial charge in [0.25, 0.3) is 0 Å². The molecule has 4 nitrogen and oxygen atoms in total. The second-order valence-corrected chi connectivity index (χ2v) is 5.23. The van der Waals surface area contributed by atoms with Crippen molar-refractivity contribution in [1.29, 1.82) is 0 Å². The van der Waals surface area contributed by atoms with Crippen molar-refractivity contribution in [2.75, 3.05) is 13.1 Å². The number of carbonyl (C=O) groups excluding carboxylic acids is 1. The molecule has 1 saturated carbocycles. The molecule has 2 aliphatic rings. The number of amides is 1. The Morgan fingerprint density at radius 3 is 2.68 bits per heavy atom. The van der Waals surface area contributed by atoms with Gasteiger partial charge in [0.15, 0.2) is 0 Å². The number of rotatable bonds is 4. The highest BCUT2D eigenvalue weighted by Crippen LogP contribution is 2.28. The maximum Gasteiger partial charge on any atom is 0.410 e. The van der Waals surface area contributed by atoms with Gasteiger partial charge >= 0.3 is 6.09 Å². The van der Waals surface area contributed by atoms with Gasteiger partial charge in [0.1, 0.15) is 6.61 Å². The molecule has 1 aromatic rings. The van der Waals surface area contributed by atoms with E-state index in [1.54, 1.807) is 4.90 Å². The van der Waals surface area contributed by atoms with E-state index in [0.717, 1.165) is 18.5 Å². The Morgan fingerprint density at radius 2 is 1.95 bits per heavy atom. The lowest BCUT2D eigenvalue weighted by atomic mass is 10.2. The van der Waals surface area contributed by atoms with E-state index in [2.05, 4.69) is 0 Å². The minimum Gasteiger partial charge on any atom is -0.445 e. The summed E-state index contributed by atoms with van der Waals surface area (Å²) < 4.78 is 11.1. The van der Waals surface area contributed by atoms with E-state index in [0.29, 0.717) is 19.3 Å². The SMILES string of the molecule is O=C(OCc1ccccc1)N1CC[C@@H](OC2CC2)C1. The minimum atomic E-state index is -0.231. The first kappa shape index (κ1) is 12.5. The molecular formula is C15H19NO3. The number of carbonyl (C=O) groups is 1. The molecule has 1 amide bonds. The number of ether oxygens (including phenoxy) is 2. The molecule has 0 N–H and O–H groups in total. The highest BCUT2D eigenvalue weighted by Gasteiger charge is 2.32. The average Bonchev–Trinajstić information content (AvgIpc) is 3.13. The number of hydrogen-bond donors (Lipinski definition) is 0. The third-order valence-electron chi connectivity index (χ3n) is 3.52. The summed E-state index contributed by atoms with van der Waals surface area (Å²) in [7, 11) is 0. The number of nitrogens with zero attached hydrogens (tertiary/aromatic N) is 1. The second-order valence-electron chi connectivity index (χ2n) is 5.23. The summed E-state index contributed by atoms with van der Waals surface area (Å²) >= 11 is 0. The van der Waals surface area contributed by atoms with Crippen molar-refractivity contribution in [2.45, 2.75) is 38.1 Å². The van der Waals surface area contributed by atoms with Crippen LogP contribution >= 0.6 is 0 Å². The molecule has 1 heterocycles. The van der Waals surface area contributed by atoms with E-state index in [-0.39, 0.29) is 12.2 Å². The Bertz CT molecular complexity index is 430. The largest absolute Gasteiger partial charge is 0.445 e. The number of likely N-dealkylation sites (tertiary alicyclic amines) is 1. The highest BCUT2D eigenvalue weighted by atomic mass is 16.6. The van der Waals surface area contributed by atoms with E-state index in [1.807, 2.05) is 30.3 Å². The fraction of sp³-hybridized carbons (Fsp3) is 0.533. The first-order valence-corrected chi connectivity index (χ1v) is 6.92. The van der Waals surface area contributed by atoms with Gasteiger partial charge in [0, 0.05) is 6.54 Å². The van der Waals surface area contributed by atoms with Crippen LogP contribution in [0.25, 0.3) is 0 Å². The van der Waals surface area contributed by atoms with Crippen molar-refractivity contribution in [3.63, 3.8) is 0 Å². The van der Waals surface area contributed by atoms with Crippen LogP contribution in [0.2, 0.25) is 0 Å². The molecular weight excluding hydrogens is 242 g/mol. The monoisotopic (exact) mass is 261 g/mol. The van der Waals surface area contributed by atoms with Gasteiger partial charge in [-0.25, -0.2) is 4.79 Å². The van der Waals surface area contributed by atoms with Gasteiger partial charge in [0.05, 0.1) is 18.8 Å². The van der Waals surface area contributed by atoms with Gasteiger partial charge in [-0.3, -0.25) is 0 Å². The van der Waals surface area contributed by atoms with Crippen LogP contribution in [0.1, 0.15) is 24.8 Å². The predicted molar refractivity (Wildman–Crippen MR) is 70.7 cm³/mol. The quantitative estimate of drug-likeness (QED) is 0.836. The molecule has 0 bridgehead atoms. The molecule has 3 rings (SSSR count). The third-order valence-corrected chi connectivity index (χ3v) is 3.52. The molecule has 2 fully saturated rings. The smallest absolute Gasteiger partial charge is 0.410 e. The highest BCUT2D eigenvalue weighted by molar-refractivity contribution is 5.68. The minimum absolute atomic E-state index is 0.205. The predicted octanol–water partition coefficient (Wildman–Crippen LogP) is 2.58. The topological polar surface area (TPSA) is 38.8 Å². The van der Waals surface area contributed by atoms with E-state index in [9.17, 15) is 4.79 Å². The molecule has 1 saturated heterocycles. The van der Waals surface area contributed by atoms with Crippen molar-refractivity contribution in [3.05, 3.63) is 35.9 Å². The first-order valence-electron chi connectivity index (χ1n) is 6.92. The fourth-order valence-corrected chi connectivity index (χ4v) is 2.29. The Hall–Kier alpha value is -1.55. The first-order chi connectivity index (χ1) is 9.31. The molecule has 1 aromatic carbocycles. The zero-order chi connectivity index (χ0) is 13.1. The van der Waals surface area contributed by atoms with Crippen LogP contribution in [0.5, 0.6) is 0 Å². The molecule has 4 heteroatoms. The van der Waals surface area contributed by atoms with Crippen LogP contribution in [-0.2, 0) is 16.1 Å². The molecule has 0 spiro atoms. The molecule has 102 valence electrons. The number of benzene rings is 1. The van der Waals surface area contributed by atoms with Crippen molar-refractivity contribution >= 4 is 6.09 Å². The summed E-state index contributed by atoms with van der Waals surface area (Å²) in [6.07, 6.45) is 3.70. The van der Waals surface area contributed by atoms with Crippen molar-refractivity contribution in [3.8, 4) is 0 Å². The summed E-state index contributed by atoms with van der Waals surface area (Å²) in [5.41, 5.74) is 1.01. The van der Waals surface area contributed by atoms with Crippen LogP contribution in [0, 0.1) is 0 Å². The Kier molecular flexibility index (Phi) is 3.69. The molecule has 0 unspecified atom stereocenters. The Morgan fingerprint density at radius 1 is 1.16 bits per heavy atom. The van der Waals surface area contributed by atoms with Gasteiger partial charge in [-0.05, 0) is 24.8 Å². The second kappa shape index (κ2) is 5.61. The van der Waals surface area contributed by atoms with Crippen LogP contribution in [0.15, 0.2) is 30.3 Å². The average molecular weight is 261 g/mol. The van der Waals surface area contributed by atoms with E-state index in [1.165, 1.54) is 12.8 Å². The van der Waals surface area contributed by atoms with Crippen molar-refractivity contribution in [2.24, 2.45) is 0 Å². The van der Waals surface area contributed by atoms with Gasteiger partial charge < -0.3 is 14.4 Å². The lowest BCUT2D eigenvalue weighted by molar-refractivity contribution is 0.0426. The molecule has 0 aromatic heterocycles. The molecule has 19 heavy (non-hydrogen) atoms. The van der Waals surface area contributed by atoms with Gasteiger partial charge in [-0.15, -0.1) is 0 Å². The molecule has 0 radical (unpaired) electrons. The summed E-state index contributed by atoms with van der Waals surface area (Å²) in [4.78, 5) is 13.7. The van der Waals surface area contributed by atoms with E-state index in [4.69, 9.17) is 9.47 Å². The van der Waals surface area contributed by atoms with Crippen LogP contribution < -0.4 is 0 Å². The Labute approximate surface area is 113 Å². The van der Waals surface area contributed by atoms with Crippen molar-refractivity contribution in [1.82, 2.24) is 4.90 Å². The number of hydrogen-bond acceptors (Lipinski definition) is 3. The summed E-state index contributed by atoms with van der Waals surface area (Å²) in [5.74, 6) is 0. The maximum atomic E-state index is 11.9. The standard InChI is InChI=1S/C15H19NO3/c17-15(18-11-12-4-2-1-3-5-12)16-9-8-14(10-16)19-13-6-7-13/h1-5,13-14H,6-11H2/t14-/m1/s1. The van der Waals surface area contributed by atoms with E-state index >= 15 is 0 Å². The van der Waals surface area contributed by atoms with Crippen molar-refractivity contribution < 1.29 is 14.3 Å². The maximum absolute atomic E-state index is 11.9. The molecule has 1 aliphatic carbocycles.